The lowest BCUT2D eigenvalue weighted by Crippen LogP contribution is -2.30. The summed E-state index contributed by atoms with van der Waals surface area (Å²) >= 11 is 0. The Morgan fingerprint density at radius 1 is 1.43 bits per heavy atom. The van der Waals surface area contributed by atoms with Crippen molar-refractivity contribution in [3.8, 4) is 0 Å². The molecule has 1 aliphatic carbocycles. The van der Waals surface area contributed by atoms with Gasteiger partial charge in [-0.2, -0.15) is 4.31 Å². The molecule has 1 unspecified atom stereocenters. The van der Waals surface area contributed by atoms with Gasteiger partial charge in [-0.05, 0) is 43.4 Å². The smallest absolute Gasteiger partial charge is 0.242 e. The minimum atomic E-state index is -3.48. The van der Waals surface area contributed by atoms with Crippen molar-refractivity contribution >= 4 is 10.0 Å². The summed E-state index contributed by atoms with van der Waals surface area (Å²) in [7, 11) is -1.90. The molecule has 1 saturated carbocycles. The van der Waals surface area contributed by atoms with Crippen LogP contribution in [0, 0.1) is 5.92 Å². The van der Waals surface area contributed by atoms with E-state index in [9.17, 15) is 8.42 Å². The van der Waals surface area contributed by atoms with Gasteiger partial charge in [0.2, 0.25) is 10.0 Å². The number of ether oxygens (including phenoxy) is 1. The highest BCUT2D eigenvalue weighted by molar-refractivity contribution is 7.89. The number of sulfonamides is 1. The van der Waals surface area contributed by atoms with Crippen LogP contribution in [0.1, 0.15) is 31.4 Å². The molecule has 1 atom stereocenters. The first-order chi connectivity index (χ1) is 9.91. The molecule has 0 bridgehead atoms. The van der Waals surface area contributed by atoms with Crippen molar-refractivity contribution in [3.05, 3.63) is 29.8 Å². The number of likely N-dealkylation sites (N-methyl/N-ethyl adjacent to an activating group) is 1. The predicted molar refractivity (Wildman–Crippen MR) is 82.4 cm³/mol. The van der Waals surface area contributed by atoms with Crippen molar-refractivity contribution in [2.45, 2.75) is 30.7 Å². The third kappa shape index (κ3) is 4.51. The maximum atomic E-state index is 12.5. The maximum absolute atomic E-state index is 12.5. The van der Waals surface area contributed by atoms with E-state index in [4.69, 9.17) is 10.5 Å². The second-order valence-corrected chi connectivity index (χ2v) is 7.75. The van der Waals surface area contributed by atoms with Gasteiger partial charge < -0.3 is 10.5 Å². The van der Waals surface area contributed by atoms with Gasteiger partial charge in [0.1, 0.15) is 0 Å². The highest BCUT2D eigenvalue weighted by atomic mass is 32.2. The Kier molecular flexibility index (Phi) is 5.37. The van der Waals surface area contributed by atoms with E-state index in [1.54, 1.807) is 25.2 Å². The van der Waals surface area contributed by atoms with E-state index >= 15 is 0 Å². The number of benzene rings is 1. The second-order valence-electron chi connectivity index (χ2n) is 5.71. The molecular weight excluding hydrogens is 288 g/mol. The Morgan fingerprint density at radius 3 is 2.76 bits per heavy atom. The fourth-order valence-corrected chi connectivity index (χ4v) is 3.20. The molecule has 1 fully saturated rings. The van der Waals surface area contributed by atoms with Crippen LogP contribution in [0.5, 0.6) is 0 Å². The lowest BCUT2D eigenvalue weighted by atomic mass is 10.1. The zero-order valence-corrected chi connectivity index (χ0v) is 13.5. The standard InChI is InChI=1S/C15H24N2O3S/c1-12(16)14-4-3-5-15(10-14)21(18,19)17(2)8-9-20-11-13-6-7-13/h3-5,10,12-13H,6-9,11,16H2,1-2H3. The number of rotatable bonds is 8. The number of nitrogens with zero attached hydrogens (tertiary/aromatic N) is 1. The third-order valence-electron chi connectivity index (χ3n) is 3.69. The molecule has 118 valence electrons. The Bertz CT molecular complexity index is 568. The summed E-state index contributed by atoms with van der Waals surface area (Å²) in [6, 6.07) is 6.61. The largest absolute Gasteiger partial charge is 0.380 e. The van der Waals surface area contributed by atoms with Gasteiger partial charge in [0.25, 0.3) is 0 Å². The molecule has 0 amide bonds. The molecule has 21 heavy (non-hydrogen) atoms. The molecular formula is C15H24N2O3S. The normalized spacial score (nSPS) is 17.1. The van der Waals surface area contributed by atoms with Crippen LogP contribution in [-0.2, 0) is 14.8 Å². The van der Waals surface area contributed by atoms with Crippen molar-refractivity contribution in [2.75, 3.05) is 26.8 Å². The zero-order valence-electron chi connectivity index (χ0n) is 12.7. The lowest BCUT2D eigenvalue weighted by Gasteiger charge is -2.18. The molecule has 0 saturated heterocycles. The molecule has 2 N–H and O–H groups in total. The Labute approximate surface area is 127 Å². The number of hydrogen-bond donors (Lipinski definition) is 1. The van der Waals surface area contributed by atoms with Crippen molar-refractivity contribution < 1.29 is 13.2 Å². The van der Waals surface area contributed by atoms with Crippen LogP contribution >= 0.6 is 0 Å². The molecule has 2 rings (SSSR count). The van der Waals surface area contributed by atoms with Crippen LogP contribution in [0.2, 0.25) is 0 Å². The summed E-state index contributed by atoms with van der Waals surface area (Å²) in [5.74, 6) is 0.689. The maximum Gasteiger partial charge on any atom is 0.242 e. The van der Waals surface area contributed by atoms with Crippen LogP contribution in [-0.4, -0.2) is 39.5 Å². The van der Waals surface area contributed by atoms with Gasteiger partial charge in [0, 0.05) is 26.2 Å². The second kappa shape index (κ2) is 6.87. The van der Waals surface area contributed by atoms with Gasteiger partial charge in [-0.3, -0.25) is 0 Å². The molecule has 1 aromatic carbocycles. The molecule has 5 nitrogen and oxygen atoms in total. The molecule has 1 aromatic rings. The van der Waals surface area contributed by atoms with Crippen molar-refractivity contribution in [2.24, 2.45) is 11.7 Å². The summed E-state index contributed by atoms with van der Waals surface area (Å²) in [6.07, 6.45) is 2.47. The topological polar surface area (TPSA) is 72.6 Å². The molecule has 0 aromatic heterocycles. The van der Waals surface area contributed by atoms with Gasteiger partial charge in [0.05, 0.1) is 11.5 Å². The van der Waals surface area contributed by atoms with Crippen molar-refractivity contribution in [1.29, 1.82) is 0 Å². The average Bonchev–Trinajstić information content (AvgIpc) is 3.27. The average molecular weight is 312 g/mol. The summed E-state index contributed by atoms with van der Waals surface area (Å²) in [6.45, 7) is 3.37. The summed E-state index contributed by atoms with van der Waals surface area (Å²) in [5.41, 5.74) is 6.62. The van der Waals surface area contributed by atoms with Gasteiger partial charge in [-0.15, -0.1) is 0 Å². The summed E-state index contributed by atoms with van der Waals surface area (Å²) < 4.78 is 31.8. The zero-order chi connectivity index (χ0) is 15.5. The Morgan fingerprint density at radius 2 is 2.14 bits per heavy atom. The van der Waals surface area contributed by atoms with E-state index in [-0.39, 0.29) is 10.9 Å². The van der Waals surface area contributed by atoms with E-state index < -0.39 is 10.0 Å². The van der Waals surface area contributed by atoms with Crippen LogP contribution < -0.4 is 5.73 Å². The highest BCUT2D eigenvalue weighted by Gasteiger charge is 2.23. The van der Waals surface area contributed by atoms with Gasteiger partial charge in [0.15, 0.2) is 0 Å². The summed E-state index contributed by atoms with van der Waals surface area (Å²) in [4.78, 5) is 0.280. The van der Waals surface area contributed by atoms with Crippen LogP contribution in [0.15, 0.2) is 29.2 Å². The monoisotopic (exact) mass is 312 g/mol. The first kappa shape index (κ1) is 16.4. The fraction of sp³-hybridized carbons (Fsp3) is 0.600. The number of hydrogen-bond acceptors (Lipinski definition) is 4. The molecule has 0 spiro atoms. The van der Waals surface area contributed by atoms with E-state index in [1.807, 2.05) is 13.0 Å². The van der Waals surface area contributed by atoms with E-state index in [1.165, 1.54) is 17.1 Å². The minimum absolute atomic E-state index is 0.188. The fourth-order valence-electron chi connectivity index (χ4n) is 1.99. The first-order valence-corrected chi connectivity index (χ1v) is 8.75. The van der Waals surface area contributed by atoms with Crippen molar-refractivity contribution in [3.63, 3.8) is 0 Å². The van der Waals surface area contributed by atoms with Crippen LogP contribution in [0.4, 0.5) is 0 Å². The summed E-state index contributed by atoms with van der Waals surface area (Å²) in [5, 5.41) is 0. The number of nitrogens with two attached hydrogens (primary N) is 1. The van der Waals surface area contributed by atoms with E-state index in [0.717, 1.165) is 12.2 Å². The first-order valence-electron chi connectivity index (χ1n) is 7.31. The van der Waals surface area contributed by atoms with E-state index in [2.05, 4.69) is 0 Å². The van der Waals surface area contributed by atoms with Crippen LogP contribution in [0.25, 0.3) is 0 Å². The Balaban J connectivity index is 1.96. The predicted octanol–water partition coefficient (Wildman–Crippen LogP) is 1.75. The third-order valence-corrected chi connectivity index (χ3v) is 5.55. The quantitative estimate of drug-likeness (QED) is 0.742. The molecule has 1 aliphatic rings. The van der Waals surface area contributed by atoms with Gasteiger partial charge >= 0.3 is 0 Å². The lowest BCUT2D eigenvalue weighted by molar-refractivity contribution is 0.117. The Hall–Kier alpha value is -0.950. The van der Waals surface area contributed by atoms with Crippen molar-refractivity contribution in [1.82, 2.24) is 4.31 Å². The molecule has 0 heterocycles. The van der Waals surface area contributed by atoms with Crippen LogP contribution in [0.3, 0.4) is 0 Å². The SMILES string of the molecule is CC(N)c1cccc(S(=O)(=O)N(C)CCOCC2CC2)c1. The van der Waals surface area contributed by atoms with Gasteiger partial charge in [-0.25, -0.2) is 8.42 Å². The van der Waals surface area contributed by atoms with E-state index in [0.29, 0.717) is 19.1 Å². The molecule has 6 heteroatoms. The minimum Gasteiger partial charge on any atom is -0.380 e. The molecule has 0 radical (unpaired) electrons. The highest BCUT2D eigenvalue weighted by Crippen LogP contribution is 2.28. The molecule has 0 aliphatic heterocycles. The van der Waals surface area contributed by atoms with Gasteiger partial charge in [-0.1, -0.05) is 12.1 Å².